The Balaban J connectivity index is 3.12. The van der Waals surface area contributed by atoms with Gasteiger partial charge in [-0.25, -0.2) is 0 Å². The topological polar surface area (TPSA) is 17.1 Å². The maximum atomic E-state index is 11.7. The van der Waals surface area contributed by atoms with Crippen molar-refractivity contribution in [3.8, 4) is 0 Å². The Morgan fingerprint density at radius 3 is 1.57 bits per heavy atom. The van der Waals surface area contributed by atoms with Crippen LogP contribution in [0, 0.1) is 0 Å². The average molecular weight is 315 g/mol. The second kappa shape index (κ2) is 18.1. The average Bonchev–Trinajstić information content (AvgIpc) is 2.49. The molecule has 0 heterocycles. The molecule has 0 rings (SSSR count). The SMILES string of the molecule is CCCCCCCCCCCC(=O)SCCCCCCC. The van der Waals surface area contributed by atoms with Gasteiger partial charge in [0.2, 0.25) is 0 Å². The molecule has 21 heavy (non-hydrogen) atoms. The number of carbonyl (C=O) groups is 1. The second-order valence-corrected chi connectivity index (χ2v) is 7.37. The van der Waals surface area contributed by atoms with Crippen molar-refractivity contribution >= 4 is 16.9 Å². The monoisotopic (exact) mass is 314 g/mol. The maximum absolute atomic E-state index is 11.7. The minimum atomic E-state index is 0.424. The van der Waals surface area contributed by atoms with Gasteiger partial charge in [-0.15, -0.1) is 0 Å². The first-order valence-corrected chi connectivity index (χ1v) is 10.5. The van der Waals surface area contributed by atoms with Gasteiger partial charge >= 0.3 is 0 Å². The smallest absolute Gasteiger partial charge is 0.188 e. The Kier molecular flexibility index (Phi) is 18.1. The van der Waals surface area contributed by atoms with Gasteiger partial charge in [0.25, 0.3) is 0 Å². The predicted molar refractivity (Wildman–Crippen MR) is 98.1 cm³/mol. The van der Waals surface area contributed by atoms with E-state index >= 15 is 0 Å². The van der Waals surface area contributed by atoms with Crippen LogP contribution in [0.5, 0.6) is 0 Å². The summed E-state index contributed by atoms with van der Waals surface area (Å²) in [7, 11) is 0. The van der Waals surface area contributed by atoms with Gasteiger partial charge in [0.1, 0.15) is 0 Å². The molecular weight excluding hydrogens is 276 g/mol. The Labute approximate surface area is 138 Å². The lowest BCUT2D eigenvalue weighted by atomic mass is 10.1. The Bertz CT molecular complexity index is 216. The van der Waals surface area contributed by atoms with Crippen LogP contribution in [0.3, 0.4) is 0 Å². The molecule has 0 aromatic rings. The number of unbranched alkanes of at least 4 members (excludes halogenated alkanes) is 12. The van der Waals surface area contributed by atoms with Crippen molar-refractivity contribution in [2.45, 2.75) is 110 Å². The molecule has 0 atom stereocenters. The van der Waals surface area contributed by atoms with E-state index in [1.165, 1.54) is 83.5 Å². The molecule has 1 nitrogen and oxygen atoms in total. The van der Waals surface area contributed by atoms with Crippen LogP contribution in [0.4, 0.5) is 0 Å². The van der Waals surface area contributed by atoms with Crippen LogP contribution in [0.1, 0.15) is 110 Å². The summed E-state index contributed by atoms with van der Waals surface area (Å²) >= 11 is 1.57. The number of hydrogen-bond donors (Lipinski definition) is 0. The van der Waals surface area contributed by atoms with Gasteiger partial charge in [-0.1, -0.05) is 103 Å². The molecule has 0 aliphatic heterocycles. The van der Waals surface area contributed by atoms with E-state index < -0.39 is 0 Å². The van der Waals surface area contributed by atoms with Crippen molar-refractivity contribution in [2.24, 2.45) is 0 Å². The van der Waals surface area contributed by atoms with E-state index in [0.717, 1.165) is 18.6 Å². The third kappa shape index (κ3) is 18.0. The fraction of sp³-hybridized carbons (Fsp3) is 0.947. The highest BCUT2D eigenvalue weighted by Crippen LogP contribution is 2.15. The molecule has 0 unspecified atom stereocenters. The van der Waals surface area contributed by atoms with Crippen molar-refractivity contribution in [3.05, 3.63) is 0 Å². The molecular formula is C19H38OS. The quantitative estimate of drug-likeness (QED) is 0.282. The Morgan fingerprint density at radius 1 is 0.619 bits per heavy atom. The molecule has 0 aliphatic rings. The summed E-state index contributed by atoms with van der Waals surface area (Å²) in [4.78, 5) is 11.7. The lowest BCUT2D eigenvalue weighted by Gasteiger charge is -2.03. The lowest BCUT2D eigenvalue weighted by Crippen LogP contribution is -1.94. The van der Waals surface area contributed by atoms with Gasteiger partial charge in [-0.05, 0) is 12.8 Å². The Morgan fingerprint density at radius 2 is 1.05 bits per heavy atom. The lowest BCUT2D eigenvalue weighted by molar-refractivity contribution is -0.111. The first-order valence-electron chi connectivity index (χ1n) is 9.46. The first-order chi connectivity index (χ1) is 10.3. The molecule has 0 saturated carbocycles. The number of carbonyl (C=O) groups excluding carboxylic acids is 1. The van der Waals surface area contributed by atoms with Gasteiger partial charge in [-0.3, -0.25) is 4.79 Å². The summed E-state index contributed by atoms with van der Waals surface area (Å²) in [5, 5.41) is 0.424. The summed E-state index contributed by atoms with van der Waals surface area (Å²) in [6, 6.07) is 0. The molecule has 126 valence electrons. The highest BCUT2D eigenvalue weighted by Gasteiger charge is 2.02. The molecule has 2 heteroatoms. The van der Waals surface area contributed by atoms with Crippen molar-refractivity contribution in [3.63, 3.8) is 0 Å². The fourth-order valence-electron chi connectivity index (χ4n) is 2.54. The molecule has 0 aromatic carbocycles. The zero-order valence-corrected chi connectivity index (χ0v) is 15.4. The van der Waals surface area contributed by atoms with Crippen LogP contribution in [-0.2, 0) is 4.79 Å². The normalized spacial score (nSPS) is 11.0. The van der Waals surface area contributed by atoms with Gasteiger partial charge in [-0.2, -0.15) is 0 Å². The number of rotatable bonds is 16. The van der Waals surface area contributed by atoms with Gasteiger partial charge in [0, 0.05) is 12.2 Å². The highest BCUT2D eigenvalue weighted by molar-refractivity contribution is 8.13. The third-order valence-electron chi connectivity index (χ3n) is 4.00. The van der Waals surface area contributed by atoms with E-state index in [4.69, 9.17) is 0 Å². The van der Waals surface area contributed by atoms with Crippen LogP contribution in [0.25, 0.3) is 0 Å². The molecule has 0 N–H and O–H groups in total. The Hall–Kier alpha value is 0.0200. The fourth-order valence-corrected chi connectivity index (χ4v) is 3.41. The van der Waals surface area contributed by atoms with E-state index in [-0.39, 0.29) is 0 Å². The van der Waals surface area contributed by atoms with E-state index in [1.807, 2.05) is 0 Å². The van der Waals surface area contributed by atoms with Crippen LogP contribution in [-0.4, -0.2) is 10.9 Å². The molecule has 0 aromatic heterocycles. The first kappa shape index (κ1) is 21.0. The highest BCUT2D eigenvalue weighted by atomic mass is 32.2. The summed E-state index contributed by atoms with van der Waals surface area (Å²) in [6.07, 6.45) is 19.3. The van der Waals surface area contributed by atoms with E-state index in [1.54, 1.807) is 11.8 Å². The maximum Gasteiger partial charge on any atom is 0.188 e. The molecule has 0 radical (unpaired) electrons. The van der Waals surface area contributed by atoms with Crippen LogP contribution >= 0.6 is 11.8 Å². The molecule has 0 bridgehead atoms. The van der Waals surface area contributed by atoms with Crippen LogP contribution < -0.4 is 0 Å². The van der Waals surface area contributed by atoms with Crippen molar-refractivity contribution in [2.75, 3.05) is 5.75 Å². The summed E-state index contributed by atoms with van der Waals surface area (Å²) < 4.78 is 0. The van der Waals surface area contributed by atoms with E-state index in [9.17, 15) is 4.79 Å². The minimum Gasteiger partial charge on any atom is -0.287 e. The van der Waals surface area contributed by atoms with Crippen molar-refractivity contribution in [1.29, 1.82) is 0 Å². The summed E-state index contributed by atoms with van der Waals surface area (Å²) in [6.45, 7) is 4.50. The number of thioether (sulfide) groups is 1. The van der Waals surface area contributed by atoms with Gasteiger partial charge < -0.3 is 0 Å². The van der Waals surface area contributed by atoms with Gasteiger partial charge in [0.15, 0.2) is 5.12 Å². The van der Waals surface area contributed by atoms with Crippen molar-refractivity contribution in [1.82, 2.24) is 0 Å². The molecule has 0 aliphatic carbocycles. The van der Waals surface area contributed by atoms with Crippen LogP contribution in [0.15, 0.2) is 0 Å². The number of hydrogen-bond acceptors (Lipinski definition) is 2. The molecule has 0 saturated heterocycles. The second-order valence-electron chi connectivity index (χ2n) is 6.21. The molecule has 0 fully saturated rings. The standard InChI is InChI=1S/C19H38OS/c1-3-5-7-9-10-11-12-13-15-17-19(20)21-18-16-14-8-6-4-2/h3-18H2,1-2H3. The molecule has 0 spiro atoms. The van der Waals surface area contributed by atoms with Gasteiger partial charge in [0.05, 0.1) is 0 Å². The minimum absolute atomic E-state index is 0.424. The summed E-state index contributed by atoms with van der Waals surface area (Å²) in [5.74, 6) is 1.04. The molecule has 0 amide bonds. The zero-order valence-electron chi connectivity index (χ0n) is 14.6. The predicted octanol–water partition coefficient (Wildman–Crippen LogP) is 7.14. The van der Waals surface area contributed by atoms with E-state index in [2.05, 4.69) is 13.8 Å². The van der Waals surface area contributed by atoms with Crippen molar-refractivity contribution < 1.29 is 4.79 Å². The zero-order chi connectivity index (χ0) is 15.6. The third-order valence-corrected chi connectivity index (χ3v) is 5.01. The van der Waals surface area contributed by atoms with E-state index in [0.29, 0.717) is 5.12 Å². The van der Waals surface area contributed by atoms with Crippen LogP contribution in [0.2, 0.25) is 0 Å². The summed E-state index contributed by atoms with van der Waals surface area (Å²) in [5.41, 5.74) is 0. The largest absolute Gasteiger partial charge is 0.287 e.